The van der Waals surface area contributed by atoms with Gasteiger partial charge < -0.3 is 5.32 Å². The molecule has 1 aromatic heterocycles. The molecule has 1 aromatic carbocycles. The number of hydrogen-bond acceptors (Lipinski definition) is 2. The monoisotopic (exact) mass is 229 g/mol. The highest BCUT2D eigenvalue weighted by molar-refractivity contribution is 5.21. The highest BCUT2D eigenvalue weighted by atomic mass is 15.3. The van der Waals surface area contributed by atoms with Crippen molar-refractivity contribution >= 4 is 0 Å². The van der Waals surface area contributed by atoms with Crippen LogP contribution in [0, 0.1) is 0 Å². The summed E-state index contributed by atoms with van der Waals surface area (Å²) in [4.78, 5) is 0. The summed E-state index contributed by atoms with van der Waals surface area (Å²) in [5.74, 6) is 0. The van der Waals surface area contributed by atoms with E-state index in [0.29, 0.717) is 0 Å². The lowest BCUT2D eigenvalue weighted by Crippen LogP contribution is -2.10. The lowest BCUT2D eigenvalue weighted by molar-refractivity contribution is 0.645. The molecular formula is C14H19N3. The summed E-state index contributed by atoms with van der Waals surface area (Å²) in [5.41, 5.74) is 3.91. The van der Waals surface area contributed by atoms with Crippen molar-refractivity contribution in [3.05, 3.63) is 53.3 Å². The first-order valence-electron chi connectivity index (χ1n) is 6.07. The van der Waals surface area contributed by atoms with Gasteiger partial charge in [0.2, 0.25) is 0 Å². The molecule has 0 spiro atoms. The zero-order valence-electron chi connectivity index (χ0n) is 10.5. The predicted molar refractivity (Wildman–Crippen MR) is 69.9 cm³/mol. The van der Waals surface area contributed by atoms with Crippen molar-refractivity contribution in [2.75, 3.05) is 7.05 Å². The molecule has 3 nitrogen and oxygen atoms in total. The third kappa shape index (κ3) is 2.74. The summed E-state index contributed by atoms with van der Waals surface area (Å²) in [6.45, 7) is 3.92. The molecule has 0 saturated carbocycles. The van der Waals surface area contributed by atoms with Gasteiger partial charge >= 0.3 is 0 Å². The van der Waals surface area contributed by atoms with E-state index in [1.54, 1.807) is 0 Å². The van der Waals surface area contributed by atoms with Gasteiger partial charge in [0.05, 0.1) is 12.7 Å². The Morgan fingerprint density at radius 2 is 2.00 bits per heavy atom. The van der Waals surface area contributed by atoms with E-state index in [-0.39, 0.29) is 0 Å². The average molecular weight is 229 g/mol. The van der Waals surface area contributed by atoms with Gasteiger partial charge in [-0.1, -0.05) is 37.3 Å². The second-order valence-electron chi connectivity index (χ2n) is 4.14. The summed E-state index contributed by atoms with van der Waals surface area (Å²) in [6, 6.07) is 10.5. The maximum atomic E-state index is 4.48. The fourth-order valence-electron chi connectivity index (χ4n) is 2.09. The second kappa shape index (κ2) is 5.64. The third-order valence-corrected chi connectivity index (χ3v) is 2.91. The maximum absolute atomic E-state index is 4.48. The number of benzene rings is 1. The number of hydrogen-bond donors (Lipinski definition) is 1. The Labute approximate surface area is 102 Å². The summed E-state index contributed by atoms with van der Waals surface area (Å²) < 4.78 is 2.10. The molecule has 17 heavy (non-hydrogen) atoms. The van der Waals surface area contributed by atoms with Crippen LogP contribution in [0.25, 0.3) is 0 Å². The summed E-state index contributed by atoms with van der Waals surface area (Å²) in [7, 11) is 1.97. The van der Waals surface area contributed by atoms with Crippen LogP contribution < -0.4 is 5.32 Å². The SMILES string of the molecule is CCc1c(CNC)cnn1Cc1ccccc1. The molecule has 0 aliphatic rings. The Kier molecular flexibility index (Phi) is 3.94. The van der Waals surface area contributed by atoms with Gasteiger partial charge in [-0.15, -0.1) is 0 Å². The molecule has 2 rings (SSSR count). The Morgan fingerprint density at radius 1 is 1.24 bits per heavy atom. The van der Waals surface area contributed by atoms with Gasteiger partial charge in [0.1, 0.15) is 0 Å². The Morgan fingerprint density at radius 3 is 2.65 bits per heavy atom. The van der Waals surface area contributed by atoms with Crippen LogP contribution in [0.1, 0.15) is 23.7 Å². The second-order valence-corrected chi connectivity index (χ2v) is 4.14. The van der Waals surface area contributed by atoms with Gasteiger partial charge in [-0.2, -0.15) is 5.10 Å². The molecule has 0 saturated heterocycles. The molecule has 0 aliphatic heterocycles. The van der Waals surface area contributed by atoms with Crippen molar-refractivity contribution in [2.24, 2.45) is 0 Å². The van der Waals surface area contributed by atoms with Crippen molar-refractivity contribution in [3.8, 4) is 0 Å². The van der Waals surface area contributed by atoms with Crippen LogP contribution in [-0.4, -0.2) is 16.8 Å². The van der Waals surface area contributed by atoms with Crippen LogP contribution in [0.2, 0.25) is 0 Å². The molecular weight excluding hydrogens is 210 g/mol. The van der Waals surface area contributed by atoms with Crippen LogP contribution in [0.5, 0.6) is 0 Å². The van der Waals surface area contributed by atoms with E-state index in [1.807, 2.05) is 19.3 Å². The molecule has 2 aromatic rings. The van der Waals surface area contributed by atoms with Crippen molar-refractivity contribution in [1.29, 1.82) is 0 Å². The zero-order chi connectivity index (χ0) is 12.1. The number of rotatable bonds is 5. The molecule has 0 bridgehead atoms. The van der Waals surface area contributed by atoms with E-state index in [4.69, 9.17) is 0 Å². The highest BCUT2D eigenvalue weighted by Gasteiger charge is 2.08. The Balaban J connectivity index is 2.21. The molecule has 0 amide bonds. The summed E-state index contributed by atoms with van der Waals surface area (Å²) in [6.07, 6.45) is 2.99. The first-order valence-corrected chi connectivity index (χ1v) is 6.07. The molecule has 0 unspecified atom stereocenters. The fraction of sp³-hybridized carbons (Fsp3) is 0.357. The van der Waals surface area contributed by atoms with Crippen molar-refractivity contribution in [3.63, 3.8) is 0 Å². The largest absolute Gasteiger partial charge is 0.316 e. The van der Waals surface area contributed by atoms with Crippen LogP contribution >= 0.6 is 0 Å². The number of nitrogens with one attached hydrogen (secondary N) is 1. The molecule has 1 N–H and O–H groups in total. The quantitative estimate of drug-likeness (QED) is 0.852. The molecule has 3 heteroatoms. The fourth-order valence-corrected chi connectivity index (χ4v) is 2.09. The first-order chi connectivity index (χ1) is 8.35. The van der Waals surface area contributed by atoms with Crippen LogP contribution in [0.15, 0.2) is 36.5 Å². The number of nitrogens with zero attached hydrogens (tertiary/aromatic N) is 2. The van der Waals surface area contributed by atoms with E-state index in [0.717, 1.165) is 19.5 Å². The van der Waals surface area contributed by atoms with E-state index in [2.05, 4.69) is 46.3 Å². The van der Waals surface area contributed by atoms with E-state index >= 15 is 0 Å². The minimum absolute atomic E-state index is 0.855. The van der Waals surface area contributed by atoms with Gasteiger partial charge in [-0.25, -0.2) is 0 Å². The number of aromatic nitrogens is 2. The minimum atomic E-state index is 0.855. The van der Waals surface area contributed by atoms with Crippen LogP contribution in [0.3, 0.4) is 0 Å². The lowest BCUT2D eigenvalue weighted by Gasteiger charge is -2.08. The standard InChI is InChI=1S/C14H19N3/c1-3-14-13(9-15-2)10-16-17(14)11-12-7-5-4-6-8-12/h4-8,10,15H,3,9,11H2,1-2H3. The summed E-state index contributed by atoms with van der Waals surface area (Å²) >= 11 is 0. The molecule has 0 atom stereocenters. The lowest BCUT2D eigenvalue weighted by atomic mass is 10.2. The smallest absolute Gasteiger partial charge is 0.0662 e. The van der Waals surface area contributed by atoms with Crippen molar-refractivity contribution < 1.29 is 0 Å². The van der Waals surface area contributed by atoms with Crippen LogP contribution in [0.4, 0.5) is 0 Å². The highest BCUT2D eigenvalue weighted by Crippen LogP contribution is 2.11. The molecule has 0 aliphatic carbocycles. The third-order valence-electron chi connectivity index (χ3n) is 2.91. The normalized spacial score (nSPS) is 10.7. The molecule has 90 valence electrons. The Bertz CT molecular complexity index is 460. The molecule has 0 radical (unpaired) electrons. The van der Waals surface area contributed by atoms with Gasteiger partial charge in [0.25, 0.3) is 0 Å². The van der Waals surface area contributed by atoms with E-state index in [1.165, 1.54) is 16.8 Å². The maximum Gasteiger partial charge on any atom is 0.0662 e. The molecule has 1 heterocycles. The van der Waals surface area contributed by atoms with Gasteiger partial charge in [-0.05, 0) is 19.0 Å². The van der Waals surface area contributed by atoms with Crippen molar-refractivity contribution in [1.82, 2.24) is 15.1 Å². The van der Waals surface area contributed by atoms with E-state index in [9.17, 15) is 0 Å². The van der Waals surface area contributed by atoms with Gasteiger partial charge in [-0.3, -0.25) is 4.68 Å². The van der Waals surface area contributed by atoms with Gasteiger partial charge in [0, 0.05) is 17.8 Å². The topological polar surface area (TPSA) is 29.9 Å². The predicted octanol–water partition coefficient (Wildman–Crippen LogP) is 2.21. The molecule has 0 fully saturated rings. The minimum Gasteiger partial charge on any atom is -0.316 e. The zero-order valence-corrected chi connectivity index (χ0v) is 10.5. The Hall–Kier alpha value is -1.61. The summed E-state index contributed by atoms with van der Waals surface area (Å²) in [5, 5.41) is 7.66. The van der Waals surface area contributed by atoms with Gasteiger partial charge in [0.15, 0.2) is 0 Å². The van der Waals surface area contributed by atoms with E-state index < -0.39 is 0 Å². The average Bonchev–Trinajstić information content (AvgIpc) is 2.73. The van der Waals surface area contributed by atoms with Crippen LogP contribution in [-0.2, 0) is 19.5 Å². The van der Waals surface area contributed by atoms with Crippen molar-refractivity contribution in [2.45, 2.75) is 26.4 Å². The first kappa shape index (κ1) is 11.9.